The molecule has 0 radical (unpaired) electrons. The monoisotopic (exact) mass is 509 g/mol. The number of carboxylic acids is 1. The van der Waals surface area contributed by atoms with Gasteiger partial charge in [-0.1, -0.05) is 36.0 Å². The van der Waals surface area contributed by atoms with E-state index < -0.39 is 35.2 Å². The number of aliphatic carboxylic acids is 1. The molecule has 3 atom stereocenters. The van der Waals surface area contributed by atoms with Crippen molar-refractivity contribution < 1.29 is 19.5 Å². The Bertz CT molecular complexity index is 1120. The minimum absolute atomic E-state index is 0.0576. The number of benzene rings is 1. The van der Waals surface area contributed by atoms with E-state index in [1.165, 1.54) is 33.1 Å². The van der Waals surface area contributed by atoms with E-state index in [1.54, 1.807) is 31.3 Å². The quantitative estimate of drug-likeness (QED) is 0.260. The molecule has 3 unspecified atom stereocenters. The second-order valence-electron chi connectivity index (χ2n) is 7.38. The predicted octanol–water partition coefficient (Wildman–Crippen LogP) is 0.480. The molecule has 14 heteroatoms. The van der Waals surface area contributed by atoms with Crippen LogP contribution < -0.4 is 11.1 Å². The highest BCUT2D eigenvalue weighted by atomic mass is 35.5. The Hall–Kier alpha value is -2.61. The molecule has 174 valence electrons. The maximum absolute atomic E-state index is 12.8. The minimum Gasteiger partial charge on any atom is -0.477 e. The fraction of sp³-hybridized carbons (Fsp3) is 0.368. The Morgan fingerprint density at radius 1 is 1.39 bits per heavy atom. The van der Waals surface area contributed by atoms with Crippen LogP contribution >= 0.6 is 35.1 Å². The number of carbonyl (C=O) groups excluding carboxylic acids is 2. The summed E-state index contributed by atoms with van der Waals surface area (Å²) in [6, 6.07) is 5.18. The molecule has 2 amide bonds. The maximum Gasteiger partial charge on any atom is 0.352 e. The molecular formula is C19H20ClN7O4S2. The summed E-state index contributed by atoms with van der Waals surface area (Å²) in [6.45, 7) is 0. The molecule has 2 aromatic rings. The molecule has 0 aliphatic carbocycles. The Balaban J connectivity index is 1.44. The highest BCUT2D eigenvalue weighted by Gasteiger charge is 2.54. The third-order valence-electron chi connectivity index (χ3n) is 5.28. The van der Waals surface area contributed by atoms with Crippen molar-refractivity contribution in [3.8, 4) is 0 Å². The maximum atomic E-state index is 12.8. The van der Waals surface area contributed by atoms with Gasteiger partial charge in [0.15, 0.2) is 0 Å². The third-order valence-corrected chi connectivity index (χ3v) is 8.03. The fourth-order valence-corrected chi connectivity index (χ4v) is 6.01. The summed E-state index contributed by atoms with van der Waals surface area (Å²) in [5.41, 5.74) is 8.08. The molecule has 4 rings (SSSR count). The number of rotatable bonds is 8. The number of fused-ring (bicyclic) bond motifs is 1. The predicted molar refractivity (Wildman–Crippen MR) is 122 cm³/mol. The van der Waals surface area contributed by atoms with Crippen LogP contribution in [-0.4, -0.2) is 70.9 Å². The van der Waals surface area contributed by atoms with Gasteiger partial charge in [0.2, 0.25) is 11.1 Å². The topological polar surface area (TPSA) is 156 Å². The number of thioether (sulfide) groups is 2. The molecule has 11 nitrogen and oxygen atoms in total. The van der Waals surface area contributed by atoms with E-state index in [-0.39, 0.29) is 5.70 Å². The van der Waals surface area contributed by atoms with E-state index in [0.717, 1.165) is 5.56 Å². The molecule has 1 aromatic heterocycles. The largest absolute Gasteiger partial charge is 0.477 e. The van der Waals surface area contributed by atoms with Gasteiger partial charge in [0, 0.05) is 24.4 Å². The van der Waals surface area contributed by atoms with Crippen LogP contribution in [0.15, 0.2) is 40.7 Å². The summed E-state index contributed by atoms with van der Waals surface area (Å²) in [7, 11) is 1.68. The van der Waals surface area contributed by atoms with Crippen LogP contribution in [0.2, 0.25) is 0 Å². The summed E-state index contributed by atoms with van der Waals surface area (Å²) < 4.78 is 1.48. The van der Waals surface area contributed by atoms with Gasteiger partial charge >= 0.3 is 5.97 Å². The Morgan fingerprint density at radius 3 is 2.73 bits per heavy atom. The van der Waals surface area contributed by atoms with Crippen LogP contribution in [0.5, 0.6) is 0 Å². The molecule has 1 aromatic carbocycles. The minimum atomic E-state index is -1.19. The van der Waals surface area contributed by atoms with Crippen molar-refractivity contribution in [2.75, 3.05) is 11.5 Å². The standard InChI is InChI=1S/C19H20ClN7O4S2/c1-26-19(23-24-25-26)33-8-11-7-32-17-13(16(29)27(17)14(11)18(30)31)22-15(28)12(21)10-4-2-9(6-20)3-5-10/h2-5,12-13,17H,6-8,21H2,1H3,(H,22,28)(H,30,31). The SMILES string of the molecule is Cn1nnnc1SCC1=C(C(=O)O)N2C(=O)C(NC(=O)C(N)c3ccc(CCl)cc3)C2SC1. The van der Waals surface area contributed by atoms with Crippen LogP contribution in [-0.2, 0) is 27.3 Å². The zero-order valence-electron chi connectivity index (χ0n) is 17.3. The molecule has 33 heavy (non-hydrogen) atoms. The lowest BCUT2D eigenvalue weighted by atomic mass is 10.0. The molecule has 1 fully saturated rings. The first-order valence-corrected chi connectivity index (χ1v) is 12.3. The van der Waals surface area contributed by atoms with Crippen molar-refractivity contribution in [3.63, 3.8) is 0 Å². The van der Waals surface area contributed by atoms with Crippen LogP contribution in [0, 0.1) is 0 Å². The highest BCUT2D eigenvalue weighted by molar-refractivity contribution is 8.01. The fourth-order valence-electron chi connectivity index (χ4n) is 3.50. The van der Waals surface area contributed by atoms with Gasteiger partial charge in [-0.2, -0.15) is 0 Å². The molecule has 0 saturated carbocycles. The van der Waals surface area contributed by atoms with Gasteiger partial charge in [-0.05, 0) is 27.1 Å². The number of halogens is 1. The van der Waals surface area contributed by atoms with Crippen molar-refractivity contribution in [2.45, 2.75) is 28.5 Å². The second-order valence-corrected chi connectivity index (χ2v) is 9.69. The molecule has 2 aliphatic heterocycles. The summed E-state index contributed by atoms with van der Waals surface area (Å²) in [6.07, 6.45) is 0. The average Bonchev–Trinajstić information content (AvgIpc) is 3.24. The van der Waals surface area contributed by atoms with Gasteiger partial charge in [0.05, 0.1) is 0 Å². The van der Waals surface area contributed by atoms with E-state index in [9.17, 15) is 19.5 Å². The van der Waals surface area contributed by atoms with Crippen LogP contribution in [0.1, 0.15) is 17.2 Å². The van der Waals surface area contributed by atoms with Gasteiger partial charge in [0.25, 0.3) is 5.91 Å². The number of nitrogens with zero attached hydrogens (tertiary/aromatic N) is 5. The Kier molecular flexibility index (Phi) is 6.93. The summed E-state index contributed by atoms with van der Waals surface area (Å²) in [5.74, 6) is -1.12. The van der Waals surface area contributed by atoms with Gasteiger partial charge in [-0.25, -0.2) is 9.48 Å². The second kappa shape index (κ2) is 9.71. The molecule has 1 saturated heterocycles. The van der Waals surface area contributed by atoms with Crippen molar-refractivity contribution >= 4 is 52.9 Å². The number of nitrogens with one attached hydrogen (secondary N) is 1. The van der Waals surface area contributed by atoms with E-state index in [4.69, 9.17) is 17.3 Å². The lowest BCUT2D eigenvalue weighted by Crippen LogP contribution is -2.71. The number of aromatic nitrogens is 4. The number of carbonyl (C=O) groups is 3. The first kappa shape index (κ1) is 23.5. The van der Waals surface area contributed by atoms with Crippen LogP contribution in [0.3, 0.4) is 0 Å². The van der Waals surface area contributed by atoms with Crippen molar-refractivity contribution in [3.05, 3.63) is 46.7 Å². The molecular weight excluding hydrogens is 490 g/mol. The number of hydrogen-bond acceptors (Lipinski definition) is 9. The van der Waals surface area contributed by atoms with Gasteiger partial charge < -0.3 is 16.2 Å². The number of amides is 2. The highest BCUT2D eigenvalue weighted by Crippen LogP contribution is 2.41. The number of aryl methyl sites for hydroxylation is 1. The van der Waals surface area contributed by atoms with Crippen molar-refractivity contribution in [1.29, 1.82) is 0 Å². The van der Waals surface area contributed by atoms with Gasteiger partial charge in [-0.15, -0.1) is 28.5 Å². The van der Waals surface area contributed by atoms with E-state index in [1.807, 2.05) is 0 Å². The van der Waals surface area contributed by atoms with Gasteiger partial charge in [0.1, 0.15) is 23.2 Å². The summed E-state index contributed by atoms with van der Waals surface area (Å²) in [5, 5.41) is 23.6. The smallest absolute Gasteiger partial charge is 0.352 e. The Morgan fingerprint density at radius 2 is 2.12 bits per heavy atom. The van der Waals surface area contributed by atoms with Crippen LogP contribution in [0.25, 0.3) is 0 Å². The third kappa shape index (κ3) is 4.58. The zero-order chi connectivity index (χ0) is 23.7. The van der Waals surface area contributed by atoms with E-state index >= 15 is 0 Å². The number of β-lactam (4-membered cyclic amide) rings is 1. The van der Waals surface area contributed by atoms with Crippen molar-refractivity contribution in [2.24, 2.45) is 12.8 Å². The number of nitrogens with two attached hydrogens (primary N) is 1. The number of alkyl halides is 1. The van der Waals surface area contributed by atoms with E-state index in [2.05, 4.69) is 20.8 Å². The number of carboxylic acid groups (broad SMARTS) is 1. The number of tetrazole rings is 1. The molecule has 0 spiro atoms. The van der Waals surface area contributed by atoms with Crippen molar-refractivity contribution in [1.82, 2.24) is 30.4 Å². The number of hydrogen-bond donors (Lipinski definition) is 3. The molecule has 3 heterocycles. The lowest BCUT2D eigenvalue weighted by molar-refractivity contribution is -0.150. The average molecular weight is 510 g/mol. The Labute approximate surface area is 202 Å². The van der Waals surface area contributed by atoms with E-state index in [0.29, 0.717) is 33.7 Å². The first-order valence-electron chi connectivity index (χ1n) is 9.77. The van der Waals surface area contributed by atoms with Gasteiger partial charge in [-0.3, -0.25) is 14.5 Å². The first-order chi connectivity index (χ1) is 15.8. The summed E-state index contributed by atoms with van der Waals surface area (Å²) in [4.78, 5) is 38.7. The molecule has 4 N–H and O–H groups in total. The van der Waals surface area contributed by atoms with Crippen LogP contribution in [0.4, 0.5) is 0 Å². The molecule has 0 bridgehead atoms. The zero-order valence-corrected chi connectivity index (χ0v) is 19.7. The molecule has 2 aliphatic rings. The lowest BCUT2D eigenvalue weighted by Gasteiger charge is -2.49. The summed E-state index contributed by atoms with van der Waals surface area (Å²) >= 11 is 8.46. The normalized spacial score (nSPS) is 20.8.